The molecule has 0 aliphatic rings. The van der Waals surface area contributed by atoms with Gasteiger partial charge in [-0.05, 0) is 53.4 Å². The zero-order valence-corrected chi connectivity index (χ0v) is 17.4. The van der Waals surface area contributed by atoms with Crippen molar-refractivity contribution >= 4 is 26.7 Å². The largest absolute Gasteiger partial charge is 0.481 e. The number of ether oxygens (including phenoxy) is 1. The van der Waals surface area contributed by atoms with Crippen LogP contribution in [0.4, 0.5) is 0 Å². The molecular formula is C22H24N2O4S. The van der Waals surface area contributed by atoms with Crippen molar-refractivity contribution in [2.45, 2.75) is 37.7 Å². The molecule has 2 N–H and O–H groups in total. The van der Waals surface area contributed by atoms with E-state index in [9.17, 15) is 13.2 Å². The highest BCUT2D eigenvalue weighted by Crippen LogP contribution is 2.21. The van der Waals surface area contributed by atoms with Crippen molar-refractivity contribution in [1.29, 1.82) is 0 Å². The Morgan fingerprint density at radius 3 is 2.21 bits per heavy atom. The van der Waals surface area contributed by atoms with E-state index in [0.29, 0.717) is 11.7 Å². The fraction of sp³-hybridized carbons (Fsp3) is 0.227. The number of carbonyl (C=O) groups is 1. The van der Waals surface area contributed by atoms with Crippen LogP contribution in [0, 0.1) is 0 Å². The summed E-state index contributed by atoms with van der Waals surface area (Å²) in [6.45, 7) is 5.61. The smallest absolute Gasteiger partial charge is 0.275 e. The minimum Gasteiger partial charge on any atom is -0.481 e. The Balaban J connectivity index is 1.61. The lowest BCUT2D eigenvalue weighted by Gasteiger charge is -2.16. The van der Waals surface area contributed by atoms with E-state index >= 15 is 0 Å². The molecule has 1 amide bonds. The van der Waals surface area contributed by atoms with Crippen molar-refractivity contribution in [1.82, 2.24) is 10.3 Å². The molecule has 0 fully saturated rings. The molecule has 7 heteroatoms. The summed E-state index contributed by atoms with van der Waals surface area (Å²) in [7, 11) is -3.87. The van der Waals surface area contributed by atoms with Crippen molar-refractivity contribution in [2.24, 2.45) is 0 Å². The molecule has 0 aromatic heterocycles. The van der Waals surface area contributed by atoms with Crippen LogP contribution in [0.15, 0.2) is 71.6 Å². The summed E-state index contributed by atoms with van der Waals surface area (Å²) in [4.78, 5) is 14.5. The van der Waals surface area contributed by atoms with Crippen LogP contribution in [0.5, 0.6) is 5.75 Å². The van der Waals surface area contributed by atoms with Crippen LogP contribution in [0.3, 0.4) is 0 Å². The number of benzene rings is 3. The van der Waals surface area contributed by atoms with Crippen LogP contribution in [-0.2, 0) is 14.8 Å². The van der Waals surface area contributed by atoms with E-state index in [2.05, 4.69) is 10.3 Å². The lowest BCUT2D eigenvalue weighted by atomic mass is 10.0. The number of sulfonamides is 1. The Morgan fingerprint density at radius 2 is 1.55 bits per heavy atom. The fourth-order valence-corrected chi connectivity index (χ4v) is 3.66. The number of hydrazine groups is 1. The first kappa shape index (κ1) is 20.8. The first-order valence-electron chi connectivity index (χ1n) is 9.33. The summed E-state index contributed by atoms with van der Waals surface area (Å²) in [5, 5.41) is 2.05. The van der Waals surface area contributed by atoms with Crippen LogP contribution in [-0.4, -0.2) is 20.4 Å². The third kappa shape index (κ3) is 5.13. The minimum atomic E-state index is -3.87. The molecular weight excluding hydrogens is 388 g/mol. The Kier molecular flexibility index (Phi) is 6.20. The molecule has 29 heavy (non-hydrogen) atoms. The monoisotopic (exact) mass is 412 g/mol. The molecule has 6 nitrogen and oxygen atoms in total. The van der Waals surface area contributed by atoms with Crippen LogP contribution in [0.25, 0.3) is 10.8 Å². The molecule has 152 valence electrons. The van der Waals surface area contributed by atoms with E-state index < -0.39 is 22.0 Å². The topological polar surface area (TPSA) is 84.5 Å². The Bertz CT molecular complexity index is 1110. The van der Waals surface area contributed by atoms with E-state index in [1.165, 1.54) is 12.1 Å². The first-order valence-corrected chi connectivity index (χ1v) is 10.8. The second kappa shape index (κ2) is 8.63. The van der Waals surface area contributed by atoms with Gasteiger partial charge < -0.3 is 4.74 Å². The fourth-order valence-electron chi connectivity index (χ4n) is 2.81. The highest BCUT2D eigenvalue weighted by molar-refractivity contribution is 7.89. The van der Waals surface area contributed by atoms with Crippen LogP contribution in [0.1, 0.15) is 32.3 Å². The third-order valence-electron chi connectivity index (χ3n) is 4.57. The van der Waals surface area contributed by atoms with Crippen molar-refractivity contribution < 1.29 is 17.9 Å². The molecule has 1 atom stereocenters. The Labute approximate surface area is 170 Å². The molecule has 0 aliphatic heterocycles. The van der Waals surface area contributed by atoms with Crippen molar-refractivity contribution in [3.63, 3.8) is 0 Å². The lowest BCUT2D eigenvalue weighted by Crippen LogP contribution is -2.47. The summed E-state index contributed by atoms with van der Waals surface area (Å²) in [6, 6.07) is 19.8. The number of rotatable bonds is 7. The zero-order chi connectivity index (χ0) is 21.0. The molecule has 0 aliphatic carbocycles. The van der Waals surface area contributed by atoms with Gasteiger partial charge in [-0.1, -0.05) is 56.3 Å². The summed E-state index contributed by atoms with van der Waals surface area (Å²) in [5.74, 6) is 0.228. The molecule has 0 unspecified atom stereocenters. The Morgan fingerprint density at radius 1 is 0.897 bits per heavy atom. The third-order valence-corrected chi connectivity index (χ3v) is 5.83. The number of carbonyl (C=O) groups excluding carboxylic acids is 1. The number of nitrogens with one attached hydrogen (secondary N) is 2. The maximum Gasteiger partial charge on any atom is 0.275 e. The van der Waals surface area contributed by atoms with Gasteiger partial charge in [0.25, 0.3) is 15.9 Å². The molecule has 0 spiro atoms. The number of amides is 1. The van der Waals surface area contributed by atoms with Gasteiger partial charge in [0, 0.05) is 0 Å². The van der Waals surface area contributed by atoms with Gasteiger partial charge in [0.05, 0.1) is 4.90 Å². The van der Waals surface area contributed by atoms with Crippen LogP contribution in [0.2, 0.25) is 0 Å². The SMILES string of the molecule is CC(C)c1ccc(S(=O)(=O)NNC(=O)[C@H](C)Oc2ccc3ccccc3c2)cc1. The van der Waals surface area contributed by atoms with Gasteiger partial charge >= 0.3 is 0 Å². The van der Waals surface area contributed by atoms with Gasteiger partial charge in [-0.15, -0.1) is 4.83 Å². The average molecular weight is 413 g/mol. The van der Waals surface area contributed by atoms with Gasteiger partial charge in [-0.2, -0.15) is 0 Å². The zero-order valence-electron chi connectivity index (χ0n) is 16.5. The van der Waals surface area contributed by atoms with E-state index in [1.54, 1.807) is 25.1 Å². The molecule has 3 aromatic rings. The second-order valence-corrected chi connectivity index (χ2v) is 8.77. The molecule has 0 bridgehead atoms. The highest BCUT2D eigenvalue weighted by Gasteiger charge is 2.19. The Hall–Kier alpha value is -2.90. The quantitative estimate of drug-likeness (QED) is 0.579. The van der Waals surface area contributed by atoms with Crippen molar-refractivity contribution in [3.8, 4) is 5.75 Å². The van der Waals surface area contributed by atoms with Crippen LogP contribution < -0.4 is 15.0 Å². The lowest BCUT2D eigenvalue weighted by molar-refractivity contribution is -0.127. The summed E-state index contributed by atoms with van der Waals surface area (Å²) < 4.78 is 30.4. The maximum absolute atomic E-state index is 12.4. The number of hydrogen-bond acceptors (Lipinski definition) is 4. The van der Waals surface area contributed by atoms with Gasteiger partial charge in [0.15, 0.2) is 6.10 Å². The molecule has 0 saturated heterocycles. The first-order chi connectivity index (χ1) is 13.8. The van der Waals surface area contributed by atoms with Gasteiger partial charge in [0.1, 0.15) is 5.75 Å². The van der Waals surface area contributed by atoms with Gasteiger partial charge in [-0.25, -0.2) is 8.42 Å². The highest BCUT2D eigenvalue weighted by atomic mass is 32.2. The molecule has 0 heterocycles. The normalized spacial score (nSPS) is 12.7. The maximum atomic E-state index is 12.4. The summed E-state index contributed by atoms with van der Waals surface area (Å²) in [6.07, 6.45) is -0.887. The second-order valence-electron chi connectivity index (χ2n) is 7.09. The predicted molar refractivity (Wildman–Crippen MR) is 113 cm³/mol. The van der Waals surface area contributed by atoms with Gasteiger partial charge in [0.2, 0.25) is 0 Å². The van der Waals surface area contributed by atoms with E-state index in [1.807, 2.05) is 50.2 Å². The van der Waals surface area contributed by atoms with E-state index in [-0.39, 0.29) is 4.90 Å². The predicted octanol–water partition coefficient (Wildman–Crippen LogP) is 3.74. The number of hydrogen-bond donors (Lipinski definition) is 2. The van der Waals surface area contributed by atoms with Gasteiger partial charge in [-0.3, -0.25) is 10.2 Å². The standard InChI is InChI=1S/C22H24N2O4S/c1-15(2)17-9-12-21(13-10-17)29(26,27)24-23-22(25)16(3)28-20-11-8-18-6-4-5-7-19(18)14-20/h4-16,24H,1-3H3,(H,23,25)/t16-/m0/s1. The number of fused-ring (bicyclic) bond motifs is 1. The van der Waals surface area contributed by atoms with E-state index in [4.69, 9.17) is 4.74 Å². The summed E-state index contributed by atoms with van der Waals surface area (Å²) in [5.41, 5.74) is 3.25. The minimum absolute atomic E-state index is 0.0744. The van der Waals surface area contributed by atoms with Crippen LogP contribution >= 0.6 is 0 Å². The molecule has 0 radical (unpaired) electrons. The van der Waals surface area contributed by atoms with Crippen molar-refractivity contribution in [2.75, 3.05) is 0 Å². The average Bonchev–Trinajstić information content (AvgIpc) is 2.72. The van der Waals surface area contributed by atoms with E-state index in [0.717, 1.165) is 16.3 Å². The molecule has 3 aromatic carbocycles. The molecule has 0 saturated carbocycles. The molecule has 3 rings (SSSR count). The summed E-state index contributed by atoms with van der Waals surface area (Å²) >= 11 is 0. The van der Waals surface area contributed by atoms with Crippen molar-refractivity contribution in [3.05, 3.63) is 72.3 Å².